The molecule has 1 aromatic heterocycles. The molecule has 7 heteroatoms. The molecule has 0 saturated heterocycles. The van der Waals surface area contributed by atoms with E-state index in [0.29, 0.717) is 0 Å². The molecule has 0 fully saturated rings. The van der Waals surface area contributed by atoms with E-state index in [1.165, 1.54) is 18.3 Å². The van der Waals surface area contributed by atoms with E-state index in [0.717, 1.165) is 0 Å². The summed E-state index contributed by atoms with van der Waals surface area (Å²) in [4.78, 5) is 26.9. The number of pyridine rings is 1. The molecule has 1 heterocycles. The zero-order chi connectivity index (χ0) is 14.7. The number of benzene rings is 1. The van der Waals surface area contributed by atoms with Crippen LogP contribution < -0.4 is 5.32 Å². The van der Waals surface area contributed by atoms with Gasteiger partial charge in [0, 0.05) is 6.20 Å². The highest BCUT2D eigenvalue weighted by Crippen LogP contribution is 2.25. The van der Waals surface area contributed by atoms with E-state index in [-0.39, 0.29) is 27.0 Å². The van der Waals surface area contributed by atoms with E-state index in [4.69, 9.17) is 34.8 Å². The lowest BCUT2D eigenvalue weighted by Gasteiger charge is -2.07. The fourth-order valence-corrected chi connectivity index (χ4v) is 2.16. The minimum atomic E-state index is -0.621. The van der Waals surface area contributed by atoms with Gasteiger partial charge in [0.2, 0.25) is 0 Å². The average Bonchev–Trinajstić information content (AvgIpc) is 2.39. The molecule has 0 radical (unpaired) electrons. The number of rotatable bonds is 3. The van der Waals surface area contributed by atoms with Crippen molar-refractivity contribution in [3.63, 3.8) is 0 Å². The molecule has 0 bridgehead atoms. The van der Waals surface area contributed by atoms with Crippen LogP contribution in [0.3, 0.4) is 0 Å². The number of hydrogen-bond acceptors (Lipinski definition) is 3. The fourth-order valence-electron chi connectivity index (χ4n) is 1.48. The van der Waals surface area contributed by atoms with Crippen LogP contribution in [0.2, 0.25) is 10.0 Å². The van der Waals surface area contributed by atoms with Crippen LogP contribution >= 0.6 is 34.8 Å². The Balaban J connectivity index is 2.21. The predicted molar refractivity (Wildman–Crippen MR) is 78.8 cm³/mol. The molecule has 20 heavy (non-hydrogen) atoms. The zero-order valence-electron chi connectivity index (χ0n) is 9.86. The van der Waals surface area contributed by atoms with Gasteiger partial charge in [0.05, 0.1) is 21.2 Å². The molecule has 0 saturated carbocycles. The Morgan fingerprint density at radius 1 is 1.05 bits per heavy atom. The second-order valence-electron chi connectivity index (χ2n) is 3.76. The Labute approximate surface area is 129 Å². The van der Waals surface area contributed by atoms with Crippen LogP contribution in [-0.2, 0) is 0 Å². The van der Waals surface area contributed by atoms with Crippen molar-refractivity contribution in [2.75, 3.05) is 5.32 Å². The third-order valence-electron chi connectivity index (χ3n) is 2.42. The first kappa shape index (κ1) is 14.8. The molecule has 4 nitrogen and oxygen atoms in total. The molecule has 2 rings (SSSR count). The van der Waals surface area contributed by atoms with Crippen molar-refractivity contribution in [1.29, 1.82) is 0 Å². The zero-order valence-corrected chi connectivity index (χ0v) is 12.1. The number of halogens is 3. The van der Waals surface area contributed by atoms with E-state index in [1.807, 2.05) is 0 Å². The molecular formula is C13H7Cl3N2O2. The van der Waals surface area contributed by atoms with Crippen LogP contribution in [0.4, 0.5) is 5.82 Å². The summed E-state index contributed by atoms with van der Waals surface area (Å²) < 4.78 is 0. The number of anilines is 1. The van der Waals surface area contributed by atoms with Gasteiger partial charge in [0.1, 0.15) is 5.82 Å². The van der Waals surface area contributed by atoms with Gasteiger partial charge < -0.3 is 5.32 Å². The SMILES string of the molecule is O=C(Cl)c1ccc(NC(=O)c2c(Cl)cccc2Cl)nc1. The first-order valence-corrected chi connectivity index (χ1v) is 6.53. The van der Waals surface area contributed by atoms with Crippen molar-refractivity contribution in [1.82, 2.24) is 4.98 Å². The van der Waals surface area contributed by atoms with Gasteiger partial charge in [-0.1, -0.05) is 29.3 Å². The predicted octanol–water partition coefficient (Wildman–Crippen LogP) is 4.02. The molecule has 1 amide bonds. The molecular weight excluding hydrogens is 323 g/mol. The highest BCUT2D eigenvalue weighted by atomic mass is 35.5. The van der Waals surface area contributed by atoms with Gasteiger partial charge in [-0.25, -0.2) is 4.98 Å². The van der Waals surface area contributed by atoms with Crippen LogP contribution in [0, 0.1) is 0 Å². The Hall–Kier alpha value is -1.62. The molecule has 0 aliphatic rings. The molecule has 0 atom stereocenters. The van der Waals surface area contributed by atoms with Crippen LogP contribution in [-0.4, -0.2) is 16.1 Å². The maximum atomic E-state index is 12.1. The normalized spacial score (nSPS) is 10.2. The molecule has 1 aromatic carbocycles. The summed E-state index contributed by atoms with van der Waals surface area (Å²) in [6.45, 7) is 0. The first-order valence-electron chi connectivity index (χ1n) is 5.40. The molecule has 0 unspecified atom stereocenters. The maximum Gasteiger partial charge on any atom is 0.259 e. The highest BCUT2D eigenvalue weighted by molar-refractivity contribution is 6.67. The summed E-state index contributed by atoms with van der Waals surface area (Å²) >= 11 is 17.2. The van der Waals surface area contributed by atoms with Crippen LogP contribution in [0.25, 0.3) is 0 Å². The molecule has 2 aromatic rings. The summed E-state index contributed by atoms with van der Waals surface area (Å²) in [6, 6.07) is 7.67. The number of carbonyl (C=O) groups excluding carboxylic acids is 2. The number of carbonyl (C=O) groups is 2. The smallest absolute Gasteiger partial charge is 0.259 e. The lowest BCUT2D eigenvalue weighted by atomic mass is 10.2. The number of nitrogens with one attached hydrogen (secondary N) is 1. The Bertz CT molecular complexity index is 652. The van der Waals surface area contributed by atoms with Crippen LogP contribution in [0.1, 0.15) is 20.7 Å². The standard InChI is InChI=1S/C13H7Cl3N2O2/c14-8-2-1-3-9(15)11(8)13(20)18-10-5-4-7(6-17-10)12(16)19/h1-6H,(H,17,18,20). The summed E-state index contributed by atoms with van der Waals surface area (Å²) in [7, 11) is 0. The number of aromatic nitrogens is 1. The topological polar surface area (TPSA) is 59.1 Å². The lowest BCUT2D eigenvalue weighted by Crippen LogP contribution is -2.14. The van der Waals surface area contributed by atoms with Crippen molar-refractivity contribution >= 4 is 51.8 Å². The first-order chi connectivity index (χ1) is 9.49. The Kier molecular flexibility index (Phi) is 4.60. The van der Waals surface area contributed by atoms with Gasteiger partial charge in [-0.3, -0.25) is 9.59 Å². The average molecular weight is 330 g/mol. The second kappa shape index (κ2) is 6.22. The van der Waals surface area contributed by atoms with Gasteiger partial charge in [-0.15, -0.1) is 0 Å². The molecule has 102 valence electrons. The van der Waals surface area contributed by atoms with Gasteiger partial charge >= 0.3 is 0 Å². The summed E-state index contributed by atoms with van der Waals surface area (Å²) in [5.41, 5.74) is 0.399. The second-order valence-corrected chi connectivity index (χ2v) is 4.91. The largest absolute Gasteiger partial charge is 0.306 e. The molecule has 0 aliphatic carbocycles. The van der Waals surface area contributed by atoms with E-state index in [2.05, 4.69) is 10.3 Å². The summed E-state index contributed by atoms with van der Waals surface area (Å²) in [5, 5.41) is 2.39. The van der Waals surface area contributed by atoms with Crippen molar-refractivity contribution < 1.29 is 9.59 Å². The van der Waals surface area contributed by atoms with Crippen molar-refractivity contribution in [2.24, 2.45) is 0 Å². The number of hydrogen-bond donors (Lipinski definition) is 1. The summed E-state index contributed by atoms with van der Waals surface area (Å²) in [5.74, 6) is -0.231. The van der Waals surface area contributed by atoms with Gasteiger partial charge in [0.25, 0.3) is 11.1 Å². The highest BCUT2D eigenvalue weighted by Gasteiger charge is 2.15. The van der Waals surface area contributed by atoms with Gasteiger partial charge in [-0.05, 0) is 35.9 Å². The van der Waals surface area contributed by atoms with Crippen molar-refractivity contribution in [3.05, 3.63) is 57.7 Å². The van der Waals surface area contributed by atoms with E-state index >= 15 is 0 Å². The monoisotopic (exact) mass is 328 g/mol. The van der Waals surface area contributed by atoms with Crippen LogP contribution in [0.5, 0.6) is 0 Å². The van der Waals surface area contributed by atoms with Crippen molar-refractivity contribution in [3.8, 4) is 0 Å². The number of nitrogens with zero attached hydrogens (tertiary/aromatic N) is 1. The third-order valence-corrected chi connectivity index (χ3v) is 3.27. The number of amides is 1. The van der Waals surface area contributed by atoms with E-state index in [1.54, 1.807) is 18.2 Å². The molecule has 0 aliphatic heterocycles. The quantitative estimate of drug-likeness (QED) is 0.865. The summed E-state index contributed by atoms with van der Waals surface area (Å²) in [6.07, 6.45) is 1.26. The van der Waals surface area contributed by atoms with E-state index < -0.39 is 11.1 Å². The maximum absolute atomic E-state index is 12.1. The van der Waals surface area contributed by atoms with Gasteiger partial charge in [-0.2, -0.15) is 0 Å². The van der Waals surface area contributed by atoms with E-state index in [9.17, 15) is 9.59 Å². The molecule has 1 N–H and O–H groups in total. The molecule has 0 spiro atoms. The van der Waals surface area contributed by atoms with Crippen LogP contribution in [0.15, 0.2) is 36.5 Å². The minimum Gasteiger partial charge on any atom is -0.306 e. The Morgan fingerprint density at radius 2 is 1.70 bits per heavy atom. The van der Waals surface area contributed by atoms with Crippen molar-refractivity contribution in [2.45, 2.75) is 0 Å². The Morgan fingerprint density at radius 3 is 2.20 bits per heavy atom. The minimum absolute atomic E-state index is 0.162. The lowest BCUT2D eigenvalue weighted by molar-refractivity contribution is 0.102. The van der Waals surface area contributed by atoms with Gasteiger partial charge in [0.15, 0.2) is 0 Å². The third kappa shape index (κ3) is 3.28. The fraction of sp³-hybridized carbons (Fsp3) is 0.